The van der Waals surface area contributed by atoms with Crippen LogP contribution >= 0.6 is 11.6 Å². The van der Waals surface area contributed by atoms with Gasteiger partial charge in [0.2, 0.25) is 0 Å². The van der Waals surface area contributed by atoms with Crippen LogP contribution in [0.3, 0.4) is 0 Å². The van der Waals surface area contributed by atoms with Crippen molar-refractivity contribution in [2.45, 2.75) is 52.7 Å². The summed E-state index contributed by atoms with van der Waals surface area (Å²) in [4.78, 5) is 2.23. The standard InChI is InChI=1S/C23H28ClNO/c1-16-9-6-7-10-20(16)18-13-19-15-25(17(2)26-23(3,4)5)12-8-11-21(19)22(24)14-18/h6-7,9-10,13-14H,2,8,11-12,15H2,1,3-5H3. The minimum absolute atomic E-state index is 0.243. The molecule has 1 aliphatic rings. The van der Waals surface area contributed by atoms with Crippen molar-refractivity contribution >= 4 is 11.6 Å². The summed E-state index contributed by atoms with van der Waals surface area (Å²) in [7, 11) is 0. The minimum Gasteiger partial charge on any atom is -0.474 e. The predicted octanol–water partition coefficient (Wildman–Crippen LogP) is 6.35. The molecule has 2 aromatic rings. The van der Waals surface area contributed by atoms with E-state index in [1.807, 2.05) is 0 Å². The van der Waals surface area contributed by atoms with Crippen molar-refractivity contribution in [1.29, 1.82) is 0 Å². The van der Waals surface area contributed by atoms with E-state index in [0.717, 1.165) is 36.8 Å². The molecule has 2 aromatic carbocycles. The van der Waals surface area contributed by atoms with E-state index in [1.165, 1.54) is 27.8 Å². The number of nitrogens with zero attached hydrogens (tertiary/aromatic N) is 1. The van der Waals surface area contributed by atoms with E-state index in [4.69, 9.17) is 16.3 Å². The van der Waals surface area contributed by atoms with Crippen LogP contribution < -0.4 is 0 Å². The van der Waals surface area contributed by atoms with Crippen LogP contribution in [0.2, 0.25) is 5.02 Å². The first-order valence-electron chi connectivity index (χ1n) is 9.25. The number of halogens is 1. The van der Waals surface area contributed by atoms with Gasteiger partial charge in [0.05, 0.1) is 0 Å². The van der Waals surface area contributed by atoms with Gasteiger partial charge < -0.3 is 9.64 Å². The van der Waals surface area contributed by atoms with Crippen molar-refractivity contribution in [3.05, 3.63) is 70.6 Å². The highest BCUT2D eigenvalue weighted by Crippen LogP contribution is 2.34. The van der Waals surface area contributed by atoms with Crippen molar-refractivity contribution in [1.82, 2.24) is 4.90 Å². The maximum absolute atomic E-state index is 6.68. The summed E-state index contributed by atoms with van der Waals surface area (Å²) in [6.45, 7) is 14.2. The highest BCUT2D eigenvalue weighted by molar-refractivity contribution is 6.31. The number of hydrogen-bond acceptors (Lipinski definition) is 2. The monoisotopic (exact) mass is 369 g/mol. The number of aryl methyl sites for hydroxylation is 1. The molecule has 2 nitrogen and oxygen atoms in total. The molecular weight excluding hydrogens is 342 g/mol. The topological polar surface area (TPSA) is 12.5 Å². The van der Waals surface area contributed by atoms with E-state index in [-0.39, 0.29) is 5.60 Å². The van der Waals surface area contributed by atoms with Gasteiger partial charge >= 0.3 is 0 Å². The second-order valence-corrected chi connectivity index (χ2v) is 8.45. The summed E-state index contributed by atoms with van der Waals surface area (Å²) < 4.78 is 6.01. The van der Waals surface area contributed by atoms with E-state index < -0.39 is 0 Å². The van der Waals surface area contributed by atoms with Gasteiger partial charge in [-0.05, 0) is 87.1 Å². The van der Waals surface area contributed by atoms with Crippen LogP contribution in [0.4, 0.5) is 0 Å². The van der Waals surface area contributed by atoms with Gasteiger partial charge in [0.15, 0.2) is 5.88 Å². The van der Waals surface area contributed by atoms with Crippen LogP contribution in [-0.2, 0) is 17.7 Å². The summed E-state index contributed by atoms with van der Waals surface area (Å²) in [6.07, 6.45) is 2.03. The third-order valence-corrected chi connectivity index (χ3v) is 5.07. The average Bonchev–Trinajstić information content (AvgIpc) is 2.76. The molecule has 3 rings (SSSR count). The molecule has 0 bridgehead atoms. The lowest BCUT2D eigenvalue weighted by molar-refractivity contribution is 0.00102. The van der Waals surface area contributed by atoms with Crippen LogP contribution in [0.5, 0.6) is 0 Å². The molecule has 1 heterocycles. The van der Waals surface area contributed by atoms with E-state index >= 15 is 0 Å². The minimum atomic E-state index is -0.243. The lowest BCUT2D eigenvalue weighted by Crippen LogP contribution is -2.29. The number of hydrogen-bond donors (Lipinski definition) is 0. The van der Waals surface area contributed by atoms with Gasteiger partial charge in [-0.1, -0.05) is 35.9 Å². The third kappa shape index (κ3) is 4.24. The quantitative estimate of drug-likeness (QED) is 0.584. The van der Waals surface area contributed by atoms with Crippen molar-refractivity contribution in [3.63, 3.8) is 0 Å². The zero-order valence-electron chi connectivity index (χ0n) is 16.2. The fourth-order valence-corrected chi connectivity index (χ4v) is 3.86. The number of rotatable bonds is 3. The smallest absolute Gasteiger partial charge is 0.182 e. The first-order chi connectivity index (χ1) is 12.2. The van der Waals surface area contributed by atoms with Crippen LogP contribution in [-0.4, -0.2) is 17.0 Å². The lowest BCUT2D eigenvalue weighted by Gasteiger charge is -2.31. The summed E-state index contributed by atoms with van der Waals surface area (Å²) in [5.74, 6) is 0.739. The van der Waals surface area contributed by atoms with E-state index in [0.29, 0.717) is 0 Å². The van der Waals surface area contributed by atoms with Crippen LogP contribution in [0.15, 0.2) is 48.9 Å². The molecule has 0 spiro atoms. The molecule has 0 atom stereocenters. The Bertz CT molecular complexity index is 819. The fraction of sp³-hybridized carbons (Fsp3) is 0.391. The van der Waals surface area contributed by atoms with Gasteiger partial charge in [-0.3, -0.25) is 0 Å². The highest BCUT2D eigenvalue weighted by Gasteiger charge is 2.22. The normalized spacial score (nSPS) is 14.6. The first kappa shape index (κ1) is 18.8. The van der Waals surface area contributed by atoms with E-state index in [2.05, 4.69) is 75.6 Å². The van der Waals surface area contributed by atoms with Gasteiger partial charge in [0, 0.05) is 18.1 Å². The van der Waals surface area contributed by atoms with Crippen LogP contribution in [0.25, 0.3) is 11.1 Å². The molecular formula is C23H28ClNO. The SMILES string of the molecule is C=C(OC(C)(C)C)N1CCCc2c(Cl)cc(-c3ccccc3C)cc2C1. The summed E-state index contributed by atoms with van der Waals surface area (Å²) in [5.41, 5.74) is 5.96. The van der Waals surface area contributed by atoms with Crippen molar-refractivity contribution in [2.24, 2.45) is 0 Å². The van der Waals surface area contributed by atoms with Gasteiger partial charge in [-0.25, -0.2) is 0 Å². The Labute approximate surface area is 162 Å². The molecule has 0 aliphatic carbocycles. The molecule has 0 fully saturated rings. The Balaban J connectivity index is 1.95. The molecule has 0 aromatic heterocycles. The Hall–Kier alpha value is -1.93. The number of ether oxygens (including phenoxy) is 1. The van der Waals surface area contributed by atoms with E-state index in [9.17, 15) is 0 Å². The second-order valence-electron chi connectivity index (χ2n) is 8.04. The zero-order valence-corrected chi connectivity index (χ0v) is 17.0. The average molecular weight is 370 g/mol. The lowest BCUT2D eigenvalue weighted by atomic mass is 9.95. The van der Waals surface area contributed by atoms with Crippen molar-refractivity contribution in [2.75, 3.05) is 6.54 Å². The van der Waals surface area contributed by atoms with Crippen LogP contribution in [0.1, 0.15) is 43.9 Å². The molecule has 0 N–H and O–H groups in total. The molecule has 3 heteroatoms. The van der Waals surface area contributed by atoms with Crippen molar-refractivity contribution < 1.29 is 4.74 Å². The first-order valence-corrected chi connectivity index (χ1v) is 9.62. The molecule has 0 unspecified atom stereocenters. The highest BCUT2D eigenvalue weighted by atomic mass is 35.5. The molecule has 138 valence electrons. The molecule has 0 saturated carbocycles. The summed E-state index contributed by atoms with van der Waals surface area (Å²) >= 11 is 6.68. The third-order valence-electron chi connectivity index (χ3n) is 4.74. The van der Waals surface area contributed by atoms with Gasteiger partial charge in [0.25, 0.3) is 0 Å². The molecule has 0 radical (unpaired) electrons. The molecule has 26 heavy (non-hydrogen) atoms. The Morgan fingerprint density at radius 2 is 1.92 bits per heavy atom. The summed E-state index contributed by atoms with van der Waals surface area (Å²) in [5, 5.41) is 0.866. The maximum Gasteiger partial charge on any atom is 0.182 e. The van der Waals surface area contributed by atoms with Crippen LogP contribution in [0, 0.1) is 6.92 Å². The number of benzene rings is 2. The fourth-order valence-electron chi connectivity index (χ4n) is 3.53. The summed E-state index contributed by atoms with van der Waals surface area (Å²) in [6, 6.07) is 12.8. The molecule has 1 aliphatic heterocycles. The largest absolute Gasteiger partial charge is 0.474 e. The number of fused-ring (bicyclic) bond motifs is 1. The van der Waals surface area contributed by atoms with E-state index in [1.54, 1.807) is 0 Å². The Kier molecular flexibility index (Phi) is 5.34. The Morgan fingerprint density at radius 3 is 2.62 bits per heavy atom. The van der Waals surface area contributed by atoms with Gasteiger partial charge in [-0.15, -0.1) is 0 Å². The zero-order chi connectivity index (χ0) is 18.9. The molecule has 0 amide bonds. The second kappa shape index (κ2) is 7.36. The molecule has 0 saturated heterocycles. The van der Waals surface area contributed by atoms with Gasteiger partial charge in [-0.2, -0.15) is 0 Å². The van der Waals surface area contributed by atoms with Gasteiger partial charge in [0.1, 0.15) is 5.60 Å². The Morgan fingerprint density at radius 1 is 1.19 bits per heavy atom. The maximum atomic E-state index is 6.68. The van der Waals surface area contributed by atoms with Crippen molar-refractivity contribution in [3.8, 4) is 11.1 Å². The predicted molar refractivity (Wildman–Crippen MR) is 110 cm³/mol.